The SMILES string of the molecule is Cc1cn(C2CCCCC2)c(NCCCn2cccn2)n1. The van der Waals surface area contributed by atoms with Gasteiger partial charge in [-0.2, -0.15) is 5.10 Å². The number of rotatable bonds is 6. The van der Waals surface area contributed by atoms with Crippen LogP contribution >= 0.6 is 0 Å². The molecule has 2 heterocycles. The van der Waals surface area contributed by atoms with E-state index < -0.39 is 0 Å². The Labute approximate surface area is 126 Å². The van der Waals surface area contributed by atoms with Crippen molar-refractivity contribution in [3.05, 3.63) is 30.4 Å². The van der Waals surface area contributed by atoms with Gasteiger partial charge in [-0.05, 0) is 32.3 Å². The van der Waals surface area contributed by atoms with Gasteiger partial charge in [0, 0.05) is 37.7 Å². The van der Waals surface area contributed by atoms with E-state index >= 15 is 0 Å². The lowest BCUT2D eigenvalue weighted by Crippen LogP contribution is -2.16. The van der Waals surface area contributed by atoms with Gasteiger partial charge < -0.3 is 9.88 Å². The smallest absolute Gasteiger partial charge is 0.203 e. The van der Waals surface area contributed by atoms with Crippen LogP contribution < -0.4 is 5.32 Å². The Hall–Kier alpha value is -1.78. The molecule has 0 radical (unpaired) electrons. The first-order valence-electron chi connectivity index (χ1n) is 8.10. The molecule has 0 atom stereocenters. The minimum absolute atomic E-state index is 0.633. The molecule has 0 saturated heterocycles. The van der Waals surface area contributed by atoms with Gasteiger partial charge in [-0.1, -0.05) is 19.3 Å². The van der Waals surface area contributed by atoms with Crippen LogP contribution in [0.15, 0.2) is 24.7 Å². The Balaban J connectivity index is 1.54. The van der Waals surface area contributed by atoms with Gasteiger partial charge in [0.15, 0.2) is 0 Å². The lowest BCUT2D eigenvalue weighted by Gasteiger charge is -2.24. The minimum atomic E-state index is 0.633. The van der Waals surface area contributed by atoms with Crippen molar-refractivity contribution in [2.75, 3.05) is 11.9 Å². The maximum absolute atomic E-state index is 4.65. The normalized spacial score (nSPS) is 16.2. The molecule has 3 rings (SSSR count). The van der Waals surface area contributed by atoms with E-state index in [2.05, 4.69) is 33.1 Å². The molecule has 1 fully saturated rings. The van der Waals surface area contributed by atoms with Crippen molar-refractivity contribution in [1.82, 2.24) is 19.3 Å². The summed E-state index contributed by atoms with van der Waals surface area (Å²) in [5.74, 6) is 1.04. The van der Waals surface area contributed by atoms with Crippen LogP contribution in [0, 0.1) is 6.92 Å². The first-order chi connectivity index (χ1) is 10.3. The van der Waals surface area contributed by atoms with Crippen molar-refractivity contribution < 1.29 is 0 Å². The average Bonchev–Trinajstić information content (AvgIpc) is 3.14. The second-order valence-corrected chi connectivity index (χ2v) is 5.95. The molecule has 1 N–H and O–H groups in total. The number of nitrogens with one attached hydrogen (secondary N) is 1. The van der Waals surface area contributed by atoms with Crippen LogP contribution in [0.3, 0.4) is 0 Å². The number of nitrogens with zero attached hydrogens (tertiary/aromatic N) is 4. The fourth-order valence-electron chi connectivity index (χ4n) is 3.16. The number of anilines is 1. The summed E-state index contributed by atoms with van der Waals surface area (Å²) in [6.07, 6.45) is 13.7. The molecule has 114 valence electrons. The zero-order valence-corrected chi connectivity index (χ0v) is 12.8. The van der Waals surface area contributed by atoms with Gasteiger partial charge in [-0.15, -0.1) is 0 Å². The Morgan fingerprint density at radius 3 is 2.90 bits per heavy atom. The molecule has 0 amide bonds. The van der Waals surface area contributed by atoms with E-state index in [1.165, 1.54) is 32.1 Å². The zero-order chi connectivity index (χ0) is 14.5. The third-order valence-corrected chi connectivity index (χ3v) is 4.23. The summed E-state index contributed by atoms with van der Waals surface area (Å²) in [5, 5.41) is 7.73. The van der Waals surface area contributed by atoms with Crippen LogP contribution in [-0.2, 0) is 6.54 Å². The molecule has 0 aromatic carbocycles. The van der Waals surface area contributed by atoms with Crippen LogP contribution in [0.25, 0.3) is 0 Å². The molecule has 1 aliphatic carbocycles. The highest BCUT2D eigenvalue weighted by Crippen LogP contribution is 2.30. The summed E-state index contributed by atoms with van der Waals surface area (Å²) < 4.78 is 4.34. The van der Waals surface area contributed by atoms with Crippen molar-refractivity contribution in [2.45, 2.75) is 58.0 Å². The molecule has 5 heteroatoms. The topological polar surface area (TPSA) is 47.7 Å². The van der Waals surface area contributed by atoms with Crippen molar-refractivity contribution in [1.29, 1.82) is 0 Å². The number of aryl methyl sites for hydroxylation is 2. The molecule has 0 spiro atoms. The third kappa shape index (κ3) is 3.65. The second-order valence-electron chi connectivity index (χ2n) is 5.95. The standard InChI is InChI=1S/C16H25N5/c1-14-13-21(15-7-3-2-4-8-15)16(19-14)17-9-5-11-20-12-6-10-18-20/h6,10,12-13,15H,2-5,7-9,11H2,1H3,(H,17,19). The summed E-state index contributed by atoms with van der Waals surface area (Å²) in [6, 6.07) is 2.60. The molecular weight excluding hydrogens is 262 g/mol. The Morgan fingerprint density at radius 2 is 2.14 bits per heavy atom. The second kappa shape index (κ2) is 6.78. The number of hydrogen-bond acceptors (Lipinski definition) is 3. The van der Waals surface area contributed by atoms with E-state index in [4.69, 9.17) is 0 Å². The largest absolute Gasteiger partial charge is 0.356 e. The van der Waals surface area contributed by atoms with E-state index in [9.17, 15) is 0 Å². The highest BCUT2D eigenvalue weighted by atomic mass is 15.3. The lowest BCUT2D eigenvalue weighted by atomic mass is 9.95. The molecule has 0 unspecified atom stereocenters. The van der Waals surface area contributed by atoms with Gasteiger partial charge in [0.05, 0.1) is 5.69 Å². The van der Waals surface area contributed by atoms with E-state index in [0.717, 1.165) is 31.2 Å². The van der Waals surface area contributed by atoms with Gasteiger partial charge in [-0.25, -0.2) is 4.98 Å². The van der Waals surface area contributed by atoms with Crippen LogP contribution in [0.5, 0.6) is 0 Å². The van der Waals surface area contributed by atoms with Gasteiger partial charge >= 0.3 is 0 Å². The quantitative estimate of drug-likeness (QED) is 0.828. The van der Waals surface area contributed by atoms with Crippen molar-refractivity contribution >= 4 is 5.95 Å². The van der Waals surface area contributed by atoms with E-state index in [1.54, 1.807) is 0 Å². The Bertz CT molecular complexity index is 537. The summed E-state index contributed by atoms with van der Waals surface area (Å²) in [7, 11) is 0. The molecule has 0 bridgehead atoms. The number of imidazole rings is 1. The molecule has 0 aliphatic heterocycles. The van der Waals surface area contributed by atoms with Crippen LogP contribution in [0.4, 0.5) is 5.95 Å². The maximum Gasteiger partial charge on any atom is 0.203 e. The highest BCUT2D eigenvalue weighted by Gasteiger charge is 2.18. The van der Waals surface area contributed by atoms with Crippen molar-refractivity contribution in [2.24, 2.45) is 0 Å². The monoisotopic (exact) mass is 287 g/mol. The van der Waals surface area contributed by atoms with Gasteiger partial charge in [0.25, 0.3) is 0 Å². The average molecular weight is 287 g/mol. The molecule has 1 aliphatic rings. The first-order valence-corrected chi connectivity index (χ1v) is 8.10. The Kier molecular flexibility index (Phi) is 4.58. The third-order valence-electron chi connectivity index (χ3n) is 4.23. The highest BCUT2D eigenvalue weighted by molar-refractivity contribution is 5.29. The predicted octanol–water partition coefficient (Wildman–Crippen LogP) is 3.40. The molecule has 2 aromatic rings. The molecule has 5 nitrogen and oxygen atoms in total. The molecule has 1 saturated carbocycles. The van der Waals surface area contributed by atoms with Crippen molar-refractivity contribution in [3.63, 3.8) is 0 Å². The number of aromatic nitrogens is 4. The summed E-state index contributed by atoms with van der Waals surface area (Å²) in [5.41, 5.74) is 1.11. The fourth-order valence-corrected chi connectivity index (χ4v) is 3.16. The van der Waals surface area contributed by atoms with Crippen LogP contribution in [-0.4, -0.2) is 25.9 Å². The zero-order valence-electron chi connectivity index (χ0n) is 12.8. The van der Waals surface area contributed by atoms with Gasteiger partial charge in [-0.3, -0.25) is 4.68 Å². The molecule has 2 aromatic heterocycles. The van der Waals surface area contributed by atoms with Crippen LogP contribution in [0.2, 0.25) is 0 Å². The van der Waals surface area contributed by atoms with Gasteiger partial charge in [0.2, 0.25) is 5.95 Å². The molecular formula is C16H25N5. The minimum Gasteiger partial charge on any atom is -0.356 e. The lowest BCUT2D eigenvalue weighted by molar-refractivity contribution is 0.355. The molecule has 21 heavy (non-hydrogen) atoms. The van der Waals surface area contributed by atoms with E-state index in [-0.39, 0.29) is 0 Å². The summed E-state index contributed by atoms with van der Waals surface area (Å²) in [4.78, 5) is 4.65. The van der Waals surface area contributed by atoms with Crippen molar-refractivity contribution in [3.8, 4) is 0 Å². The fraction of sp³-hybridized carbons (Fsp3) is 0.625. The summed E-state index contributed by atoms with van der Waals surface area (Å²) in [6.45, 7) is 3.96. The Morgan fingerprint density at radius 1 is 1.29 bits per heavy atom. The maximum atomic E-state index is 4.65. The summed E-state index contributed by atoms with van der Waals surface area (Å²) >= 11 is 0. The van der Waals surface area contributed by atoms with Crippen LogP contribution in [0.1, 0.15) is 50.3 Å². The first kappa shape index (κ1) is 14.2. The van der Waals surface area contributed by atoms with Gasteiger partial charge in [0.1, 0.15) is 0 Å². The van der Waals surface area contributed by atoms with E-state index in [0.29, 0.717) is 6.04 Å². The predicted molar refractivity (Wildman–Crippen MR) is 84.4 cm³/mol. The van der Waals surface area contributed by atoms with E-state index in [1.807, 2.05) is 23.1 Å². The number of hydrogen-bond donors (Lipinski definition) is 1.